The van der Waals surface area contributed by atoms with Gasteiger partial charge in [0, 0.05) is 16.8 Å². The van der Waals surface area contributed by atoms with Crippen LogP contribution in [-0.2, 0) is 0 Å². The average Bonchev–Trinajstić information content (AvgIpc) is 2.63. The van der Waals surface area contributed by atoms with Gasteiger partial charge in [0.2, 0.25) is 5.88 Å². The van der Waals surface area contributed by atoms with E-state index in [0.29, 0.717) is 22.2 Å². The Kier molecular flexibility index (Phi) is 5.82. The van der Waals surface area contributed by atoms with Gasteiger partial charge in [0.05, 0.1) is 11.3 Å². The summed E-state index contributed by atoms with van der Waals surface area (Å²) in [6, 6.07) is 11.0. The smallest absolute Gasteiger partial charge is 0.222 e. The summed E-state index contributed by atoms with van der Waals surface area (Å²) in [5.41, 5.74) is 2.23. The zero-order valence-corrected chi connectivity index (χ0v) is 15.1. The normalized spacial score (nSPS) is 15.8. The second-order valence-corrected chi connectivity index (χ2v) is 6.73. The lowest BCUT2D eigenvalue weighted by molar-refractivity contribution is 0.148. The van der Waals surface area contributed by atoms with E-state index in [2.05, 4.69) is 9.98 Å². The summed E-state index contributed by atoms with van der Waals surface area (Å²) in [6.07, 6.45) is 7.81. The lowest BCUT2D eigenvalue weighted by Crippen LogP contribution is -2.21. The van der Waals surface area contributed by atoms with E-state index in [-0.39, 0.29) is 11.9 Å². The van der Waals surface area contributed by atoms with Crippen molar-refractivity contribution in [3.05, 3.63) is 58.7 Å². The van der Waals surface area contributed by atoms with Crippen LogP contribution in [0.4, 0.5) is 0 Å². The predicted molar refractivity (Wildman–Crippen MR) is 102 cm³/mol. The van der Waals surface area contributed by atoms with E-state index in [9.17, 15) is 0 Å². The van der Waals surface area contributed by atoms with Crippen molar-refractivity contribution in [2.24, 2.45) is 4.99 Å². The topological polar surface area (TPSA) is 58.3 Å². The molecule has 1 aromatic carbocycles. The molecule has 0 atom stereocenters. The monoisotopic (exact) mass is 355 g/mol. The molecular formula is C20H22ClN3O. The molecule has 3 rings (SSSR count). The number of aliphatic imine (C=N–C) groups is 1. The van der Waals surface area contributed by atoms with E-state index in [1.807, 2.05) is 31.2 Å². The Morgan fingerprint density at radius 3 is 2.76 bits per heavy atom. The average molecular weight is 356 g/mol. The molecule has 4 nitrogen and oxygen atoms in total. The van der Waals surface area contributed by atoms with Crippen LogP contribution in [0.15, 0.2) is 47.6 Å². The van der Waals surface area contributed by atoms with Crippen LogP contribution in [0.3, 0.4) is 0 Å². The van der Waals surface area contributed by atoms with Crippen molar-refractivity contribution in [1.29, 1.82) is 5.41 Å². The minimum absolute atomic E-state index is 0.174. The first-order chi connectivity index (χ1) is 12.1. The summed E-state index contributed by atoms with van der Waals surface area (Å²) in [7, 11) is 0. The summed E-state index contributed by atoms with van der Waals surface area (Å²) < 4.78 is 6.13. The van der Waals surface area contributed by atoms with E-state index < -0.39 is 0 Å². The Morgan fingerprint density at radius 2 is 2.00 bits per heavy atom. The zero-order valence-electron chi connectivity index (χ0n) is 14.3. The maximum atomic E-state index is 8.22. The third-order valence-corrected chi connectivity index (χ3v) is 4.60. The maximum absolute atomic E-state index is 8.22. The number of hydrogen-bond donors (Lipinski definition) is 1. The van der Waals surface area contributed by atoms with Crippen molar-refractivity contribution in [3.8, 4) is 5.88 Å². The second-order valence-electron chi connectivity index (χ2n) is 6.29. The van der Waals surface area contributed by atoms with E-state index in [1.165, 1.54) is 19.3 Å². The second kappa shape index (κ2) is 8.26. The van der Waals surface area contributed by atoms with Gasteiger partial charge < -0.3 is 4.74 Å². The molecule has 0 unspecified atom stereocenters. The Balaban J connectivity index is 1.81. The van der Waals surface area contributed by atoms with Gasteiger partial charge in [0.15, 0.2) is 5.84 Å². The van der Waals surface area contributed by atoms with Gasteiger partial charge in [-0.25, -0.2) is 9.98 Å². The van der Waals surface area contributed by atoms with Gasteiger partial charge in [-0.1, -0.05) is 30.2 Å². The van der Waals surface area contributed by atoms with E-state index in [4.69, 9.17) is 21.7 Å². The molecule has 5 heteroatoms. The standard InChI is InChI=1S/C20H22ClN3O/c1-14(24-19(22)15-7-5-8-16(21)13-15)18-11-6-12-23-20(18)25-17-9-3-2-4-10-17/h5-8,11-13,17,22H,2-4,9-10H2,1H3/b22-19?,24-14+. The fourth-order valence-corrected chi connectivity index (χ4v) is 3.22. The van der Waals surface area contributed by atoms with Crippen LogP contribution in [0.5, 0.6) is 5.88 Å². The van der Waals surface area contributed by atoms with Crippen LogP contribution < -0.4 is 4.74 Å². The molecule has 130 valence electrons. The number of pyridine rings is 1. The first-order valence-electron chi connectivity index (χ1n) is 8.65. The van der Waals surface area contributed by atoms with Gasteiger partial charge in [0.1, 0.15) is 6.10 Å². The van der Waals surface area contributed by atoms with E-state index in [1.54, 1.807) is 18.3 Å². The number of hydrogen-bond acceptors (Lipinski definition) is 3. The Bertz CT molecular complexity index is 782. The highest BCUT2D eigenvalue weighted by Gasteiger charge is 2.18. The number of amidine groups is 1. The molecule has 25 heavy (non-hydrogen) atoms. The first-order valence-corrected chi connectivity index (χ1v) is 9.03. The van der Waals surface area contributed by atoms with E-state index in [0.717, 1.165) is 18.4 Å². The number of rotatable bonds is 4. The van der Waals surface area contributed by atoms with Crippen LogP contribution in [0.2, 0.25) is 5.02 Å². The number of aromatic nitrogens is 1. The van der Waals surface area contributed by atoms with Crippen molar-refractivity contribution >= 4 is 23.1 Å². The lowest BCUT2D eigenvalue weighted by Gasteiger charge is -2.23. The van der Waals surface area contributed by atoms with Gasteiger partial charge in [-0.05, 0) is 56.9 Å². The van der Waals surface area contributed by atoms with Gasteiger partial charge in [0.25, 0.3) is 0 Å². The molecule has 0 aliphatic heterocycles. The molecule has 1 aromatic heterocycles. The Labute approximate surface area is 153 Å². The molecule has 0 spiro atoms. The molecule has 2 aromatic rings. The molecule has 1 fully saturated rings. The molecular weight excluding hydrogens is 334 g/mol. The molecule has 0 amide bonds. The number of halogens is 1. The van der Waals surface area contributed by atoms with Gasteiger partial charge in [-0.15, -0.1) is 0 Å². The van der Waals surface area contributed by atoms with Crippen molar-refractivity contribution in [3.63, 3.8) is 0 Å². The molecule has 1 aliphatic rings. The van der Waals surface area contributed by atoms with Crippen LogP contribution in [-0.4, -0.2) is 22.6 Å². The zero-order chi connectivity index (χ0) is 17.6. The highest BCUT2D eigenvalue weighted by Crippen LogP contribution is 2.25. The van der Waals surface area contributed by atoms with Gasteiger partial charge in [-0.3, -0.25) is 5.41 Å². The SMILES string of the molecule is C/C(=N\C(=N)c1cccc(Cl)c1)c1cccnc1OC1CCCCC1. The van der Waals surface area contributed by atoms with Crippen LogP contribution >= 0.6 is 11.6 Å². The number of ether oxygens (including phenoxy) is 1. The minimum Gasteiger partial charge on any atom is -0.474 e. The highest BCUT2D eigenvalue weighted by atomic mass is 35.5. The molecule has 1 saturated carbocycles. The quantitative estimate of drug-likeness (QED) is 0.599. The van der Waals surface area contributed by atoms with Crippen molar-refractivity contribution in [2.75, 3.05) is 0 Å². The summed E-state index contributed by atoms with van der Waals surface area (Å²) in [5.74, 6) is 0.780. The Morgan fingerprint density at radius 1 is 1.20 bits per heavy atom. The van der Waals surface area contributed by atoms with Crippen molar-refractivity contribution in [2.45, 2.75) is 45.1 Å². The minimum atomic E-state index is 0.174. The van der Waals surface area contributed by atoms with Gasteiger partial charge in [-0.2, -0.15) is 0 Å². The number of nitrogens with zero attached hydrogens (tertiary/aromatic N) is 2. The number of benzene rings is 1. The van der Waals surface area contributed by atoms with Crippen LogP contribution in [0.1, 0.15) is 50.2 Å². The first kappa shape index (κ1) is 17.6. The summed E-state index contributed by atoms with van der Waals surface area (Å²) in [6.45, 7) is 1.88. The maximum Gasteiger partial charge on any atom is 0.222 e. The fourth-order valence-electron chi connectivity index (χ4n) is 3.03. The van der Waals surface area contributed by atoms with Crippen LogP contribution in [0.25, 0.3) is 0 Å². The molecule has 0 radical (unpaired) electrons. The van der Waals surface area contributed by atoms with Crippen molar-refractivity contribution in [1.82, 2.24) is 4.98 Å². The summed E-state index contributed by atoms with van der Waals surface area (Å²) in [5, 5.41) is 8.82. The third-order valence-electron chi connectivity index (χ3n) is 4.37. The number of nitrogens with one attached hydrogen (secondary N) is 1. The molecule has 0 bridgehead atoms. The van der Waals surface area contributed by atoms with Gasteiger partial charge >= 0.3 is 0 Å². The third kappa shape index (κ3) is 4.67. The Hall–Kier alpha value is -2.20. The predicted octanol–water partition coefficient (Wildman–Crippen LogP) is 5.28. The summed E-state index contributed by atoms with van der Waals surface area (Å²) in [4.78, 5) is 8.83. The highest BCUT2D eigenvalue weighted by molar-refractivity contribution is 6.31. The molecule has 1 heterocycles. The molecule has 0 saturated heterocycles. The van der Waals surface area contributed by atoms with Crippen LogP contribution in [0, 0.1) is 5.41 Å². The molecule has 1 N–H and O–H groups in total. The fraction of sp³-hybridized carbons (Fsp3) is 0.350. The largest absolute Gasteiger partial charge is 0.474 e. The molecule has 1 aliphatic carbocycles. The summed E-state index contributed by atoms with van der Waals surface area (Å²) >= 11 is 6.00. The van der Waals surface area contributed by atoms with E-state index >= 15 is 0 Å². The van der Waals surface area contributed by atoms with Crippen molar-refractivity contribution < 1.29 is 4.74 Å². The lowest BCUT2D eigenvalue weighted by atomic mass is 9.98.